The lowest BCUT2D eigenvalue weighted by Crippen LogP contribution is -2.05. The summed E-state index contributed by atoms with van der Waals surface area (Å²) in [6, 6.07) is 11.0. The zero-order valence-electron chi connectivity index (χ0n) is 12.5. The molecule has 0 saturated heterocycles. The number of rotatable bonds is 4. The Morgan fingerprint density at radius 1 is 1.14 bits per heavy atom. The summed E-state index contributed by atoms with van der Waals surface area (Å²) in [5.74, 6) is 0.147. The molecule has 0 bridgehead atoms. The lowest BCUT2D eigenvalue weighted by atomic mass is 10.0. The third kappa shape index (κ3) is 3.34. The van der Waals surface area contributed by atoms with Gasteiger partial charge in [-0.05, 0) is 48.7 Å². The minimum atomic E-state index is -0.414. The average molecular weight is 285 g/mol. The van der Waals surface area contributed by atoms with Crippen LogP contribution in [0.4, 0.5) is 5.69 Å². The van der Waals surface area contributed by atoms with Crippen LogP contribution >= 0.6 is 0 Å². The molecule has 0 fully saturated rings. The van der Waals surface area contributed by atoms with Crippen molar-refractivity contribution in [1.29, 1.82) is 0 Å². The molecule has 0 spiro atoms. The van der Waals surface area contributed by atoms with Gasteiger partial charge < -0.3 is 15.2 Å². The zero-order chi connectivity index (χ0) is 15.4. The van der Waals surface area contributed by atoms with Gasteiger partial charge in [0.15, 0.2) is 0 Å². The third-order valence-electron chi connectivity index (χ3n) is 3.45. The molecule has 0 aliphatic heterocycles. The molecule has 4 nitrogen and oxygen atoms in total. The summed E-state index contributed by atoms with van der Waals surface area (Å²) in [5.41, 5.74) is 10.3. The van der Waals surface area contributed by atoms with Crippen molar-refractivity contribution in [2.45, 2.75) is 20.5 Å². The highest BCUT2D eigenvalue weighted by Crippen LogP contribution is 2.25. The Kier molecular flexibility index (Phi) is 4.48. The number of nitrogens with two attached hydrogens (primary N) is 1. The van der Waals surface area contributed by atoms with E-state index in [9.17, 15) is 4.79 Å². The second-order valence-corrected chi connectivity index (χ2v) is 4.90. The lowest BCUT2D eigenvalue weighted by Gasteiger charge is -2.13. The van der Waals surface area contributed by atoms with Gasteiger partial charge in [0.25, 0.3) is 0 Å². The fraction of sp³-hybridized carbons (Fsp3) is 0.235. The first kappa shape index (κ1) is 14.9. The second-order valence-electron chi connectivity index (χ2n) is 4.90. The summed E-state index contributed by atoms with van der Waals surface area (Å²) in [5, 5.41) is 0. The molecule has 2 N–H and O–H groups in total. The number of methoxy groups -OCH3 is 1. The highest BCUT2D eigenvalue weighted by molar-refractivity contribution is 5.90. The molecule has 4 heteroatoms. The number of carbonyl (C=O) groups excluding carboxylic acids is 1. The normalized spacial score (nSPS) is 10.2. The number of anilines is 1. The van der Waals surface area contributed by atoms with Crippen molar-refractivity contribution in [3.63, 3.8) is 0 Å². The minimum Gasteiger partial charge on any atom is -0.487 e. The molecule has 0 aliphatic rings. The van der Waals surface area contributed by atoms with Crippen LogP contribution in [0.5, 0.6) is 5.75 Å². The molecule has 0 radical (unpaired) electrons. The SMILES string of the molecule is COC(=O)c1ccc(OCc2c(C)cccc2C)c(N)c1. The molecule has 110 valence electrons. The van der Waals surface area contributed by atoms with E-state index < -0.39 is 5.97 Å². The number of hydrogen-bond acceptors (Lipinski definition) is 4. The van der Waals surface area contributed by atoms with Crippen LogP contribution in [-0.4, -0.2) is 13.1 Å². The van der Waals surface area contributed by atoms with Gasteiger partial charge in [0.05, 0.1) is 18.4 Å². The Morgan fingerprint density at radius 3 is 2.38 bits per heavy atom. The van der Waals surface area contributed by atoms with E-state index in [-0.39, 0.29) is 0 Å². The molecule has 0 amide bonds. The van der Waals surface area contributed by atoms with Crippen LogP contribution in [0.2, 0.25) is 0 Å². The maximum absolute atomic E-state index is 11.4. The Labute approximate surface area is 124 Å². The summed E-state index contributed by atoms with van der Waals surface area (Å²) < 4.78 is 10.4. The predicted octanol–water partition coefficient (Wildman–Crippen LogP) is 3.25. The number of benzene rings is 2. The molecular formula is C17H19NO3. The highest BCUT2D eigenvalue weighted by Gasteiger charge is 2.10. The summed E-state index contributed by atoms with van der Waals surface area (Å²) in [7, 11) is 1.34. The number of carbonyl (C=O) groups is 1. The number of aryl methyl sites for hydroxylation is 2. The van der Waals surface area contributed by atoms with Gasteiger partial charge in [-0.15, -0.1) is 0 Å². The van der Waals surface area contributed by atoms with Crippen molar-refractivity contribution in [3.05, 3.63) is 58.7 Å². The average Bonchev–Trinajstić information content (AvgIpc) is 2.47. The molecule has 2 rings (SSSR count). The first-order chi connectivity index (χ1) is 10.0. The fourth-order valence-corrected chi connectivity index (χ4v) is 2.15. The summed E-state index contributed by atoms with van der Waals surface area (Å²) >= 11 is 0. The third-order valence-corrected chi connectivity index (χ3v) is 3.45. The first-order valence-electron chi connectivity index (χ1n) is 6.68. The van der Waals surface area contributed by atoms with Gasteiger partial charge in [-0.1, -0.05) is 18.2 Å². The predicted molar refractivity (Wildman–Crippen MR) is 82.4 cm³/mol. The summed E-state index contributed by atoms with van der Waals surface area (Å²) in [4.78, 5) is 11.4. The van der Waals surface area contributed by atoms with Gasteiger partial charge in [0.1, 0.15) is 12.4 Å². The molecule has 21 heavy (non-hydrogen) atoms. The van der Waals surface area contributed by atoms with E-state index in [1.165, 1.54) is 18.2 Å². The van der Waals surface area contributed by atoms with Gasteiger partial charge in [0.2, 0.25) is 0 Å². The van der Waals surface area contributed by atoms with Crippen molar-refractivity contribution in [2.24, 2.45) is 0 Å². The van der Waals surface area contributed by atoms with Crippen LogP contribution in [0.25, 0.3) is 0 Å². The Morgan fingerprint density at radius 2 is 1.81 bits per heavy atom. The molecular weight excluding hydrogens is 266 g/mol. The smallest absolute Gasteiger partial charge is 0.337 e. The summed E-state index contributed by atoms with van der Waals surface area (Å²) in [6.45, 7) is 4.55. The molecule has 0 atom stereocenters. The summed E-state index contributed by atoms with van der Waals surface area (Å²) in [6.07, 6.45) is 0. The van der Waals surface area contributed by atoms with Crippen LogP contribution in [-0.2, 0) is 11.3 Å². The van der Waals surface area contributed by atoms with Crippen LogP contribution in [0.15, 0.2) is 36.4 Å². The highest BCUT2D eigenvalue weighted by atomic mass is 16.5. The van der Waals surface area contributed by atoms with Crippen molar-refractivity contribution < 1.29 is 14.3 Å². The number of hydrogen-bond donors (Lipinski definition) is 1. The van der Waals surface area contributed by atoms with E-state index in [4.69, 9.17) is 10.5 Å². The van der Waals surface area contributed by atoms with Crippen LogP contribution in [0.3, 0.4) is 0 Å². The number of ether oxygens (including phenoxy) is 2. The standard InChI is InChI=1S/C17H19NO3/c1-11-5-4-6-12(2)14(11)10-21-16-8-7-13(9-15(16)18)17(19)20-3/h4-9H,10,18H2,1-3H3. The molecule has 0 aliphatic carbocycles. The van der Waals surface area contributed by atoms with E-state index in [1.807, 2.05) is 6.07 Å². The Hall–Kier alpha value is -2.49. The number of nitrogen functional groups attached to an aromatic ring is 1. The quantitative estimate of drug-likeness (QED) is 0.692. The van der Waals surface area contributed by atoms with Gasteiger partial charge >= 0.3 is 5.97 Å². The Balaban J connectivity index is 2.16. The van der Waals surface area contributed by atoms with Gasteiger partial charge in [-0.25, -0.2) is 4.79 Å². The molecule has 2 aromatic rings. The largest absolute Gasteiger partial charge is 0.487 e. The van der Waals surface area contributed by atoms with Crippen LogP contribution < -0.4 is 10.5 Å². The lowest BCUT2D eigenvalue weighted by molar-refractivity contribution is 0.0600. The van der Waals surface area contributed by atoms with Crippen molar-refractivity contribution in [2.75, 3.05) is 12.8 Å². The zero-order valence-corrected chi connectivity index (χ0v) is 12.5. The number of esters is 1. The van der Waals surface area contributed by atoms with Crippen LogP contribution in [0, 0.1) is 13.8 Å². The van der Waals surface area contributed by atoms with Crippen molar-refractivity contribution >= 4 is 11.7 Å². The monoisotopic (exact) mass is 285 g/mol. The topological polar surface area (TPSA) is 61.5 Å². The fourth-order valence-electron chi connectivity index (χ4n) is 2.15. The van der Waals surface area contributed by atoms with E-state index in [2.05, 4.69) is 30.7 Å². The van der Waals surface area contributed by atoms with Gasteiger partial charge in [-0.2, -0.15) is 0 Å². The van der Waals surface area contributed by atoms with E-state index in [0.717, 1.165) is 5.56 Å². The van der Waals surface area contributed by atoms with Crippen molar-refractivity contribution in [1.82, 2.24) is 0 Å². The Bertz CT molecular complexity index is 645. The molecule has 0 saturated carbocycles. The van der Waals surface area contributed by atoms with Gasteiger partial charge in [-0.3, -0.25) is 0 Å². The van der Waals surface area contributed by atoms with E-state index >= 15 is 0 Å². The van der Waals surface area contributed by atoms with Gasteiger partial charge in [0, 0.05) is 0 Å². The molecule has 0 unspecified atom stereocenters. The maximum atomic E-state index is 11.4. The minimum absolute atomic E-state index is 0.412. The van der Waals surface area contributed by atoms with Crippen LogP contribution in [0.1, 0.15) is 27.0 Å². The molecule has 0 aromatic heterocycles. The van der Waals surface area contributed by atoms with E-state index in [1.54, 1.807) is 18.2 Å². The second kappa shape index (κ2) is 6.31. The first-order valence-corrected chi connectivity index (χ1v) is 6.68. The maximum Gasteiger partial charge on any atom is 0.337 e. The molecule has 0 heterocycles. The van der Waals surface area contributed by atoms with Crippen molar-refractivity contribution in [3.8, 4) is 5.75 Å². The van der Waals surface area contributed by atoms with E-state index in [0.29, 0.717) is 23.6 Å². The molecule has 2 aromatic carbocycles.